The van der Waals surface area contributed by atoms with Crippen LogP contribution in [0.3, 0.4) is 0 Å². The lowest BCUT2D eigenvalue weighted by Crippen LogP contribution is -2.13. The zero-order valence-corrected chi connectivity index (χ0v) is 11.6. The fraction of sp³-hybridized carbons (Fsp3) is 0.176. The Morgan fingerprint density at radius 3 is 2.19 bits per heavy atom. The molecule has 4 heteroatoms. The molecule has 0 aliphatic heterocycles. The molecule has 1 aromatic heterocycles. The summed E-state index contributed by atoms with van der Waals surface area (Å²) < 4.78 is 5.28. The van der Waals surface area contributed by atoms with Gasteiger partial charge in [0.15, 0.2) is 5.82 Å². The topological polar surface area (TPSA) is 64.9 Å². The molecule has 3 rings (SSSR count). The van der Waals surface area contributed by atoms with Crippen molar-refractivity contribution in [2.45, 2.75) is 18.9 Å². The van der Waals surface area contributed by atoms with Crippen LogP contribution >= 0.6 is 0 Å². The summed E-state index contributed by atoms with van der Waals surface area (Å²) in [5.74, 6) is 1.16. The van der Waals surface area contributed by atoms with E-state index in [0.717, 1.165) is 11.1 Å². The predicted molar refractivity (Wildman–Crippen MR) is 80.6 cm³/mol. The zero-order chi connectivity index (χ0) is 14.5. The van der Waals surface area contributed by atoms with Crippen LogP contribution < -0.4 is 5.73 Å². The number of hydrogen-bond donors (Lipinski definition) is 1. The van der Waals surface area contributed by atoms with Gasteiger partial charge in [-0.15, -0.1) is 0 Å². The summed E-state index contributed by atoms with van der Waals surface area (Å²) in [5.41, 5.74) is 8.45. The third kappa shape index (κ3) is 3.55. The van der Waals surface area contributed by atoms with Crippen LogP contribution in [0.5, 0.6) is 0 Å². The van der Waals surface area contributed by atoms with Gasteiger partial charge in [0.05, 0.1) is 6.04 Å². The largest absolute Gasteiger partial charge is 0.338 e. The first-order valence-electron chi connectivity index (χ1n) is 6.97. The lowest BCUT2D eigenvalue weighted by Gasteiger charge is -2.05. The molecular weight excluding hydrogens is 262 g/mol. The number of aromatic nitrogens is 2. The maximum Gasteiger partial charge on any atom is 0.243 e. The van der Waals surface area contributed by atoms with Crippen molar-refractivity contribution < 1.29 is 4.52 Å². The van der Waals surface area contributed by atoms with Gasteiger partial charge in [-0.3, -0.25) is 0 Å². The Hall–Kier alpha value is -2.46. The molecule has 1 heterocycles. The molecule has 0 aliphatic rings. The van der Waals surface area contributed by atoms with Gasteiger partial charge in [0, 0.05) is 6.42 Å². The summed E-state index contributed by atoms with van der Waals surface area (Å²) in [6.45, 7) is 0. The second-order valence-corrected chi connectivity index (χ2v) is 5.01. The van der Waals surface area contributed by atoms with Gasteiger partial charge in [-0.2, -0.15) is 4.98 Å². The molecule has 3 aromatic rings. The second-order valence-electron chi connectivity index (χ2n) is 5.01. The van der Waals surface area contributed by atoms with Crippen molar-refractivity contribution in [3.63, 3.8) is 0 Å². The van der Waals surface area contributed by atoms with Crippen LogP contribution in [0.4, 0.5) is 0 Å². The van der Waals surface area contributed by atoms with Crippen LogP contribution in [0.1, 0.15) is 28.9 Å². The van der Waals surface area contributed by atoms with Crippen LogP contribution in [0, 0.1) is 0 Å². The highest BCUT2D eigenvalue weighted by Crippen LogP contribution is 2.15. The average Bonchev–Trinajstić information content (AvgIpc) is 2.98. The molecule has 0 saturated heterocycles. The molecule has 0 aliphatic carbocycles. The third-order valence-corrected chi connectivity index (χ3v) is 3.30. The molecule has 21 heavy (non-hydrogen) atoms. The van der Waals surface area contributed by atoms with Gasteiger partial charge in [0.25, 0.3) is 0 Å². The number of rotatable bonds is 5. The summed E-state index contributed by atoms with van der Waals surface area (Å²) in [6, 6.07) is 19.9. The van der Waals surface area contributed by atoms with E-state index < -0.39 is 0 Å². The van der Waals surface area contributed by atoms with Crippen molar-refractivity contribution in [1.82, 2.24) is 10.1 Å². The molecule has 0 saturated carbocycles. The molecular formula is C17H17N3O. The lowest BCUT2D eigenvalue weighted by molar-refractivity contribution is 0.350. The number of benzene rings is 2. The SMILES string of the molecule is N[C@H](Cc1ccccc1)c1nc(Cc2ccccc2)no1. The van der Waals surface area contributed by atoms with Crippen molar-refractivity contribution >= 4 is 0 Å². The van der Waals surface area contributed by atoms with E-state index in [9.17, 15) is 0 Å². The third-order valence-electron chi connectivity index (χ3n) is 3.30. The Kier molecular flexibility index (Phi) is 4.07. The van der Waals surface area contributed by atoms with Gasteiger partial charge >= 0.3 is 0 Å². The Labute approximate surface area is 123 Å². The minimum absolute atomic E-state index is 0.274. The van der Waals surface area contributed by atoms with Gasteiger partial charge in [-0.25, -0.2) is 0 Å². The highest BCUT2D eigenvalue weighted by molar-refractivity contribution is 5.19. The molecule has 4 nitrogen and oxygen atoms in total. The molecule has 0 fully saturated rings. The van der Waals surface area contributed by atoms with Crippen molar-refractivity contribution in [1.29, 1.82) is 0 Å². The molecule has 2 N–H and O–H groups in total. The fourth-order valence-corrected chi connectivity index (χ4v) is 2.22. The Balaban J connectivity index is 1.67. The smallest absolute Gasteiger partial charge is 0.243 e. The van der Waals surface area contributed by atoms with Crippen LogP contribution in [0.2, 0.25) is 0 Å². The minimum Gasteiger partial charge on any atom is -0.338 e. The normalized spacial score (nSPS) is 12.2. The highest BCUT2D eigenvalue weighted by atomic mass is 16.5. The standard InChI is InChI=1S/C17H17N3O/c18-15(11-13-7-3-1-4-8-13)17-19-16(20-21-17)12-14-9-5-2-6-10-14/h1-10,15H,11-12,18H2/t15-/m1/s1. The van der Waals surface area contributed by atoms with Crippen LogP contribution in [0.25, 0.3) is 0 Å². The molecule has 2 aromatic carbocycles. The van der Waals surface area contributed by atoms with Gasteiger partial charge < -0.3 is 10.3 Å². The maximum absolute atomic E-state index is 6.14. The summed E-state index contributed by atoms with van der Waals surface area (Å²) in [4.78, 5) is 4.40. The quantitative estimate of drug-likeness (QED) is 0.780. The van der Waals surface area contributed by atoms with Gasteiger partial charge in [-0.1, -0.05) is 65.8 Å². The van der Waals surface area contributed by atoms with Gasteiger partial charge in [0.2, 0.25) is 5.89 Å². The highest BCUT2D eigenvalue weighted by Gasteiger charge is 2.15. The van der Waals surface area contributed by atoms with E-state index in [1.54, 1.807) is 0 Å². The Morgan fingerprint density at radius 2 is 1.52 bits per heavy atom. The summed E-state index contributed by atoms with van der Waals surface area (Å²) in [6.07, 6.45) is 1.34. The molecule has 0 bridgehead atoms. The van der Waals surface area contributed by atoms with E-state index in [0.29, 0.717) is 24.6 Å². The molecule has 0 radical (unpaired) electrons. The average molecular weight is 279 g/mol. The first kappa shape index (κ1) is 13.5. The van der Waals surface area contributed by atoms with Crippen molar-refractivity contribution in [3.05, 3.63) is 83.5 Å². The van der Waals surface area contributed by atoms with Crippen molar-refractivity contribution in [3.8, 4) is 0 Å². The van der Waals surface area contributed by atoms with E-state index in [4.69, 9.17) is 10.3 Å². The first-order chi connectivity index (χ1) is 10.3. The molecule has 106 valence electrons. The summed E-state index contributed by atoms with van der Waals surface area (Å²) >= 11 is 0. The number of nitrogens with two attached hydrogens (primary N) is 1. The van der Waals surface area contributed by atoms with Gasteiger partial charge in [-0.05, 0) is 17.5 Å². The number of hydrogen-bond acceptors (Lipinski definition) is 4. The summed E-state index contributed by atoms with van der Waals surface area (Å²) in [7, 11) is 0. The first-order valence-corrected chi connectivity index (χ1v) is 6.97. The molecule has 0 amide bonds. The van der Waals surface area contributed by atoms with Crippen LogP contribution in [-0.4, -0.2) is 10.1 Å². The lowest BCUT2D eigenvalue weighted by atomic mass is 10.1. The van der Waals surface area contributed by atoms with E-state index in [1.807, 2.05) is 60.7 Å². The van der Waals surface area contributed by atoms with E-state index in [2.05, 4.69) is 10.1 Å². The molecule has 0 spiro atoms. The number of nitrogens with zero attached hydrogens (tertiary/aromatic N) is 2. The maximum atomic E-state index is 6.14. The Morgan fingerprint density at radius 1 is 0.905 bits per heavy atom. The Bertz CT molecular complexity index is 680. The summed E-state index contributed by atoms with van der Waals surface area (Å²) in [5, 5.41) is 4.01. The fourth-order valence-electron chi connectivity index (χ4n) is 2.22. The van der Waals surface area contributed by atoms with E-state index in [1.165, 1.54) is 0 Å². The zero-order valence-electron chi connectivity index (χ0n) is 11.6. The second kappa shape index (κ2) is 6.33. The van der Waals surface area contributed by atoms with Gasteiger partial charge in [0.1, 0.15) is 0 Å². The van der Waals surface area contributed by atoms with Crippen molar-refractivity contribution in [2.24, 2.45) is 5.73 Å². The van der Waals surface area contributed by atoms with Crippen LogP contribution in [-0.2, 0) is 12.8 Å². The predicted octanol–water partition coefficient (Wildman–Crippen LogP) is 2.90. The monoisotopic (exact) mass is 279 g/mol. The molecule has 1 atom stereocenters. The minimum atomic E-state index is -0.274. The van der Waals surface area contributed by atoms with Crippen molar-refractivity contribution in [2.75, 3.05) is 0 Å². The van der Waals surface area contributed by atoms with E-state index in [-0.39, 0.29) is 6.04 Å². The molecule has 0 unspecified atom stereocenters. The van der Waals surface area contributed by atoms with E-state index >= 15 is 0 Å². The van der Waals surface area contributed by atoms with Crippen LogP contribution in [0.15, 0.2) is 65.2 Å².